The average molecular weight is 375 g/mol. The molecule has 8 nitrogen and oxygen atoms in total. The Balaban J connectivity index is 1.74. The van der Waals surface area contributed by atoms with Crippen molar-refractivity contribution in [1.82, 2.24) is 15.1 Å². The van der Waals surface area contributed by atoms with E-state index >= 15 is 0 Å². The van der Waals surface area contributed by atoms with Crippen LogP contribution in [0.15, 0.2) is 30.3 Å². The first-order chi connectivity index (χ1) is 13.1. The minimum Gasteiger partial charge on any atom is -0.426 e. The molecule has 0 radical (unpaired) electrons. The number of benzene rings is 1. The summed E-state index contributed by atoms with van der Waals surface area (Å²) in [6.07, 6.45) is 1.60. The molecule has 2 fully saturated rings. The zero-order valence-electron chi connectivity index (χ0n) is 15.3. The number of rotatable bonds is 5. The fourth-order valence-corrected chi connectivity index (χ4v) is 3.63. The van der Waals surface area contributed by atoms with Crippen molar-refractivity contribution in [3.05, 3.63) is 35.9 Å². The molecule has 0 aromatic heterocycles. The van der Waals surface area contributed by atoms with Crippen LogP contribution in [-0.2, 0) is 16.0 Å². The van der Waals surface area contributed by atoms with Crippen LogP contribution in [0.1, 0.15) is 18.4 Å². The molecule has 0 aliphatic carbocycles. The third kappa shape index (κ3) is 5.00. The number of nitrogens with zero attached hydrogens (tertiary/aromatic N) is 2. The Morgan fingerprint density at radius 3 is 2.56 bits per heavy atom. The van der Waals surface area contributed by atoms with E-state index in [9.17, 15) is 19.6 Å². The molecule has 2 saturated heterocycles. The smallest absolute Gasteiger partial charge is 0.426 e. The monoisotopic (exact) mass is 375 g/mol. The van der Waals surface area contributed by atoms with E-state index in [1.165, 1.54) is 4.90 Å². The van der Waals surface area contributed by atoms with Gasteiger partial charge in [-0.15, -0.1) is 0 Å². The summed E-state index contributed by atoms with van der Waals surface area (Å²) in [7, 11) is -1.58. The van der Waals surface area contributed by atoms with Crippen LogP contribution in [0.4, 0.5) is 4.79 Å². The second-order valence-corrected chi connectivity index (χ2v) is 6.95. The number of nitrogens with one attached hydrogen (secondary N) is 1. The van der Waals surface area contributed by atoms with Crippen molar-refractivity contribution >= 4 is 19.1 Å². The molecule has 0 saturated carbocycles. The third-order valence-corrected chi connectivity index (χ3v) is 5.10. The molecule has 0 spiro atoms. The first-order valence-electron chi connectivity index (χ1n) is 9.40. The van der Waals surface area contributed by atoms with E-state index in [1.54, 1.807) is 4.90 Å². The number of likely N-dealkylation sites (tertiary alicyclic amines) is 1. The summed E-state index contributed by atoms with van der Waals surface area (Å²) in [4.78, 5) is 28.9. The molecule has 3 amide bonds. The Morgan fingerprint density at radius 1 is 1.19 bits per heavy atom. The predicted molar refractivity (Wildman–Crippen MR) is 99.8 cm³/mol. The van der Waals surface area contributed by atoms with Gasteiger partial charge in [-0.05, 0) is 18.4 Å². The number of hydrogen-bond acceptors (Lipinski definition) is 5. The predicted octanol–water partition coefficient (Wildman–Crippen LogP) is -0.357. The standard InChI is InChI=1S/C18H26BN3O5/c23-17(22-8-4-7-16(22)19(25)26)15(13-14-5-2-1-3-6-14)20-18(24)21-9-11-27-12-10-21/h1-3,5-6,15-16,25-26H,4,7-13H2,(H,20,24)/t15-,16-/m0/s1. The summed E-state index contributed by atoms with van der Waals surface area (Å²) in [6, 6.07) is 8.42. The molecule has 146 valence electrons. The fourth-order valence-electron chi connectivity index (χ4n) is 3.63. The highest BCUT2D eigenvalue weighted by atomic mass is 16.5. The molecular formula is C18H26BN3O5. The minimum atomic E-state index is -1.58. The molecular weight excluding hydrogens is 349 g/mol. The van der Waals surface area contributed by atoms with Crippen LogP contribution >= 0.6 is 0 Å². The molecule has 2 heterocycles. The lowest BCUT2D eigenvalue weighted by atomic mass is 9.77. The summed E-state index contributed by atoms with van der Waals surface area (Å²) in [5.41, 5.74) is 0.929. The van der Waals surface area contributed by atoms with E-state index in [1.807, 2.05) is 30.3 Å². The van der Waals surface area contributed by atoms with Crippen LogP contribution in [0.25, 0.3) is 0 Å². The summed E-state index contributed by atoms with van der Waals surface area (Å²) in [5.74, 6) is -0.910. The zero-order valence-corrected chi connectivity index (χ0v) is 15.3. The van der Waals surface area contributed by atoms with E-state index in [2.05, 4.69) is 5.32 Å². The van der Waals surface area contributed by atoms with E-state index < -0.39 is 19.1 Å². The molecule has 2 aliphatic heterocycles. The second-order valence-electron chi connectivity index (χ2n) is 6.95. The molecule has 27 heavy (non-hydrogen) atoms. The normalized spacial score (nSPS) is 21.0. The lowest BCUT2D eigenvalue weighted by Gasteiger charge is -2.32. The van der Waals surface area contributed by atoms with Crippen LogP contribution in [0.3, 0.4) is 0 Å². The number of ether oxygens (including phenoxy) is 1. The van der Waals surface area contributed by atoms with Gasteiger partial charge in [-0.25, -0.2) is 4.79 Å². The van der Waals surface area contributed by atoms with Crippen molar-refractivity contribution in [3.8, 4) is 0 Å². The van der Waals surface area contributed by atoms with Crippen molar-refractivity contribution in [1.29, 1.82) is 0 Å². The van der Waals surface area contributed by atoms with Gasteiger partial charge in [-0.3, -0.25) is 4.79 Å². The van der Waals surface area contributed by atoms with Crippen molar-refractivity contribution in [3.63, 3.8) is 0 Å². The summed E-state index contributed by atoms with van der Waals surface area (Å²) in [5, 5.41) is 22.0. The van der Waals surface area contributed by atoms with Gasteiger partial charge in [0.25, 0.3) is 0 Å². The van der Waals surface area contributed by atoms with Crippen LogP contribution in [0.2, 0.25) is 0 Å². The second kappa shape index (κ2) is 9.21. The molecule has 0 bridgehead atoms. The summed E-state index contributed by atoms with van der Waals surface area (Å²) >= 11 is 0. The molecule has 3 N–H and O–H groups in total. The SMILES string of the molecule is O=C(N[C@@H](Cc1ccccc1)C(=O)N1CCC[C@H]1B(O)O)N1CCOCC1. The number of carbonyl (C=O) groups excluding carboxylic acids is 2. The van der Waals surface area contributed by atoms with Gasteiger partial charge in [0.1, 0.15) is 6.04 Å². The van der Waals surface area contributed by atoms with Gasteiger partial charge in [-0.1, -0.05) is 30.3 Å². The largest absolute Gasteiger partial charge is 0.475 e. The lowest BCUT2D eigenvalue weighted by Crippen LogP contribution is -2.57. The van der Waals surface area contributed by atoms with Gasteiger partial charge in [0, 0.05) is 26.1 Å². The van der Waals surface area contributed by atoms with Crippen molar-refractivity contribution in [2.45, 2.75) is 31.2 Å². The zero-order chi connectivity index (χ0) is 19.2. The highest BCUT2D eigenvalue weighted by molar-refractivity contribution is 6.43. The lowest BCUT2D eigenvalue weighted by molar-refractivity contribution is -0.133. The molecule has 0 unspecified atom stereocenters. The molecule has 9 heteroatoms. The number of urea groups is 1. The van der Waals surface area contributed by atoms with Crippen LogP contribution in [-0.4, -0.2) is 83.7 Å². The number of carbonyl (C=O) groups is 2. The van der Waals surface area contributed by atoms with Gasteiger partial charge in [-0.2, -0.15) is 0 Å². The van der Waals surface area contributed by atoms with Gasteiger partial charge in [0.2, 0.25) is 5.91 Å². The Hall–Kier alpha value is -2.10. The molecule has 3 rings (SSSR count). The molecule has 1 aromatic carbocycles. The van der Waals surface area contributed by atoms with Crippen LogP contribution < -0.4 is 5.32 Å². The minimum absolute atomic E-state index is 0.281. The third-order valence-electron chi connectivity index (χ3n) is 5.10. The number of hydrogen-bond donors (Lipinski definition) is 3. The molecule has 2 atom stereocenters. The summed E-state index contributed by atoms with van der Waals surface area (Å²) < 4.78 is 5.27. The first-order valence-corrected chi connectivity index (χ1v) is 9.40. The highest BCUT2D eigenvalue weighted by Crippen LogP contribution is 2.20. The number of morpholine rings is 1. The Kier molecular flexibility index (Phi) is 6.71. The van der Waals surface area contributed by atoms with E-state index in [0.29, 0.717) is 52.1 Å². The molecule has 2 aliphatic rings. The van der Waals surface area contributed by atoms with Gasteiger partial charge in [0.15, 0.2) is 0 Å². The van der Waals surface area contributed by atoms with Crippen molar-refractivity contribution < 1.29 is 24.4 Å². The first kappa shape index (κ1) is 19.7. The van der Waals surface area contributed by atoms with Crippen LogP contribution in [0.5, 0.6) is 0 Å². The maximum atomic E-state index is 13.1. The quantitative estimate of drug-likeness (QED) is 0.611. The maximum absolute atomic E-state index is 13.1. The number of amides is 3. The fraction of sp³-hybridized carbons (Fsp3) is 0.556. The van der Waals surface area contributed by atoms with Crippen molar-refractivity contribution in [2.24, 2.45) is 0 Å². The van der Waals surface area contributed by atoms with E-state index in [4.69, 9.17) is 4.74 Å². The average Bonchev–Trinajstić information content (AvgIpc) is 3.18. The van der Waals surface area contributed by atoms with E-state index in [0.717, 1.165) is 5.56 Å². The van der Waals surface area contributed by atoms with Gasteiger partial charge < -0.3 is 29.9 Å². The van der Waals surface area contributed by atoms with Crippen LogP contribution in [0, 0.1) is 0 Å². The molecule has 1 aromatic rings. The van der Waals surface area contributed by atoms with E-state index in [-0.39, 0.29) is 11.9 Å². The van der Waals surface area contributed by atoms with Gasteiger partial charge >= 0.3 is 13.1 Å². The Bertz CT molecular complexity index is 639. The highest BCUT2D eigenvalue weighted by Gasteiger charge is 2.40. The van der Waals surface area contributed by atoms with Crippen molar-refractivity contribution in [2.75, 3.05) is 32.8 Å². The van der Waals surface area contributed by atoms with Gasteiger partial charge in [0.05, 0.1) is 19.2 Å². The topological polar surface area (TPSA) is 102 Å². The summed E-state index contributed by atoms with van der Waals surface area (Å²) in [6.45, 7) is 2.39. The maximum Gasteiger partial charge on any atom is 0.475 e. The Labute approximate surface area is 159 Å². The Morgan fingerprint density at radius 2 is 1.89 bits per heavy atom.